The second-order valence-corrected chi connectivity index (χ2v) is 8.87. The molecular formula is C28H33NO3. The maximum atomic E-state index is 11.8. The summed E-state index contributed by atoms with van der Waals surface area (Å²) in [6.45, 7) is 2.18. The van der Waals surface area contributed by atoms with Crippen LogP contribution in [0, 0.1) is 5.92 Å². The molecule has 0 bridgehead atoms. The van der Waals surface area contributed by atoms with E-state index in [2.05, 4.69) is 4.90 Å². The first-order valence-corrected chi connectivity index (χ1v) is 11.5. The summed E-state index contributed by atoms with van der Waals surface area (Å²) in [5, 5.41) is 33.6. The molecule has 4 nitrogen and oxygen atoms in total. The molecule has 1 fully saturated rings. The first-order valence-electron chi connectivity index (χ1n) is 11.5. The van der Waals surface area contributed by atoms with Gasteiger partial charge < -0.3 is 20.2 Å². The molecule has 4 atom stereocenters. The van der Waals surface area contributed by atoms with Gasteiger partial charge in [0.05, 0.1) is 17.8 Å². The molecule has 32 heavy (non-hydrogen) atoms. The van der Waals surface area contributed by atoms with E-state index >= 15 is 0 Å². The number of piperidine rings is 1. The summed E-state index contributed by atoms with van der Waals surface area (Å²) in [7, 11) is 0. The molecule has 1 heterocycles. The Balaban J connectivity index is 1.46. The Morgan fingerprint density at radius 3 is 2.00 bits per heavy atom. The molecule has 1 aliphatic heterocycles. The number of likely N-dealkylation sites (tertiary alicyclic amines) is 1. The van der Waals surface area contributed by atoms with Gasteiger partial charge in [-0.2, -0.15) is 0 Å². The normalized spacial score (nSPS) is 23.5. The van der Waals surface area contributed by atoms with Crippen molar-refractivity contribution in [1.82, 2.24) is 4.90 Å². The number of rotatable bonds is 8. The standard InChI is InChI=1S/C28H33NO3/c30-26(22-11-4-1-5-12-22)17-10-19-29-20-18-28(32,24-15-8-3-9-16-24)25(21-29)27(31)23-13-6-2-7-14-23/h1-9,11-16,25-27,30-32H,10,17-21H2/t25-,26?,27?,28+/m1/s1. The lowest BCUT2D eigenvalue weighted by molar-refractivity contribution is -0.123. The average molecular weight is 432 g/mol. The molecule has 2 unspecified atom stereocenters. The fraction of sp³-hybridized carbons (Fsp3) is 0.357. The first kappa shape index (κ1) is 22.7. The molecule has 3 N–H and O–H groups in total. The summed E-state index contributed by atoms with van der Waals surface area (Å²) in [4.78, 5) is 2.31. The fourth-order valence-electron chi connectivity index (χ4n) is 4.92. The van der Waals surface area contributed by atoms with Crippen LogP contribution < -0.4 is 0 Å². The minimum absolute atomic E-state index is 0.347. The van der Waals surface area contributed by atoms with E-state index in [0.717, 1.165) is 36.2 Å². The van der Waals surface area contributed by atoms with Crippen LogP contribution in [0.25, 0.3) is 0 Å². The lowest BCUT2D eigenvalue weighted by Crippen LogP contribution is -2.52. The van der Waals surface area contributed by atoms with Gasteiger partial charge in [-0.3, -0.25) is 0 Å². The third kappa shape index (κ3) is 5.11. The summed E-state index contributed by atoms with van der Waals surface area (Å²) in [6, 6.07) is 29.1. The molecule has 168 valence electrons. The van der Waals surface area contributed by atoms with Crippen LogP contribution in [0.4, 0.5) is 0 Å². The summed E-state index contributed by atoms with van der Waals surface area (Å²) >= 11 is 0. The smallest absolute Gasteiger partial charge is 0.0977 e. The van der Waals surface area contributed by atoms with Crippen molar-refractivity contribution in [2.24, 2.45) is 5.92 Å². The van der Waals surface area contributed by atoms with Crippen molar-refractivity contribution in [3.05, 3.63) is 108 Å². The highest BCUT2D eigenvalue weighted by atomic mass is 16.3. The number of nitrogens with zero attached hydrogens (tertiary/aromatic N) is 1. The van der Waals surface area contributed by atoms with Gasteiger partial charge in [0, 0.05) is 19.0 Å². The predicted molar refractivity (Wildman–Crippen MR) is 127 cm³/mol. The molecule has 1 saturated heterocycles. The third-order valence-electron chi connectivity index (χ3n) is 6.81. The van der Waals surface area contributed by atoms with Crippen LogP contribution >= 0.6 is 0 Å². The Kier molecular flexibility index (Phi) is 7.38. The number of aliphatic hydroxyl groups excluding tert-OH is 2. The minimum Gasteiger partial charge on any atom is -0.388 e. The van der Waals surface area contributed by atoms with E-state index in [-0.39, 0.29) is 5.92 Å². The summed E-state index contributed by atoms with van der Waals surface area (Å²) < 4.78 is 0. The summed E-state index contributed by atoms with van der Waals surface area (Å²) in [6.07, 6.45) is 0.878. The van der Waals surface area contributed by atoms with E-state index in [1.807, 2.05) is 91.0 Å². The van der Waals surface area contributed by atoms with Gasteiger partial charge in [0.2, 0.25) is 0 Å². The molecular weight excluding hydrogens is 398 g/mol. The number of aliphatic hydroxyl groups is 3. The second-order valence-electron chi connectivity index (χ2n) is 8.87. The van der Waals surface area contributed by atoms with E-state index in [1.54, 1.807) is 0 Å². The lowest BCUT2D eigenvalue weighted by Gasteiger charge is -2.47. The van der Waals surface area contributed by atoms with Gasteiger partial charge in [0.15, 0.2) is 0 Å². The van der Waals surface area contributed by atoms with Crippen LogP contribution in [0.15, 0.2) is 91.0 Å². The topological polar surface area (TPSA) is 63.9 Å². The second kappa shape index (κ2) is 10.4. The van der Waals surface area contributed by atoms with Crippen molar-refractivity contribution in [2.75, 3.05) is 19.6 Å². The maximum Gasteiger partial charge on any atom is 0.0977 e. The predicted octanol–water partition coefficient (Wildman–Crippen LogP) is 4.44. The van der Waals surface area contributed by atoms with Crippen molar-refractivity contribution < 1.29 is 15.3 Å². The summed E-state index contributed by atoms with van der Waals surface area (Å²) in [5.41, 5.74) is 1.55. The number of benzene rings is 3. The van der Waals surface area contributed by atoms with Crippen LogP contribution in [0.5, 0.6) is 0 Å². The van der Waals surface area contributed by atoms with Crippen molar-refractivity contribution in [3.8, 4) is 0 Å². The molecule has 0 aliphatic carbocycles. The highest BCUT2D eigenvalue weighted by molar-refractivity contribution is 5.27. The first-order chi connectivity index (χ1) is 15.6. The Hall–Kier alpha value is -2.50. The molecule has 3 aromatic carbocycles. The van der Waals surface area contributed by atoms with E-state index in [4.69, 9.17) is 0 Å². The van der Waals surface area contributed by atoms with Gasteiger partial charge in [-0.15, -0.1) is 0 Å². The molecule has 1 aliphatic rings. The van der Waals surface area contributed by atoms with Crippen molar-refractivity contribution in [3.63, 3.8) is 0 Å². The molecule has 0 aromatic heterocycles. The Labute approximate surface area is 190 Å². The van der Waals surface area contributed by atoms with E-state index in [0.29, 0.717) is 19.4 Å². The zero-order valence-electron chi connectivity index (χ0n) is 18.4. The van der Waals surface area contributed by atoms with Crippen molar-refractivity contribution in [1.29, 1.82) is 0 Å². The van der Waals surface area contributed by atoms with Crippen LogP contribution in [0.3, 0.4) is 0 Å². The number of hydrogen-bond donors (Lipinski definition) is 3. The van der Waals surface area contributed by atoms with Crippen LogP contribution in [0.1, 0.15) is 48.2 Å². The molecule has 0 saturated carbocycles. The van der Waals surface area contributed by atoms with E-state index in [9.17, 15) is 15.3 Å². The third-order valence-corrected chi connectivity index (χ3v) is 6.81. The highest BCUT2D eigenvalue weighted by Gasteiger charge is 2.46. The molecule has 0 spiro atoms. The Morgan fingerprint density at radius 2 is 1.38 bits per heavy atom. The minimum atomic E-state index is -1.09. The van der Waals surface area contributed by atoms with Crippen molar-refractivity contribution >= 4 is 0 Å². The summed E-state index contributed by atoms with van der Waals surface area (Å²) in [5.74, 6) is -0.347. The largest absolute Gasteiger partial charge is 0.388 e. The SMILES string of the molecule is OC(CCCN1CC[C@](O)(c2ccccc2)[C@@H](C(O)c2ccccc2)C1)c1ccccc1. The van der Waals surface area contributed by atoms with Crippen LogP contribution in [-0.2, 0) is 5.60 Å². The lowest BCUT2D eigenvalue weighted by atomic mass is 9.72. The van der Waals surface area contributed by atoms with Gasteiger partial charge in [-0.1, -0.05) is 91.0 Å². The maximum absolute atomic E-state index is 11.8. The van der Waals surface area contributed by atoms with E-state index in [1.165, 1.54) is 0 Å². The van der Waals surface area contributed by atoms with Crippen LogP contribution in [-0.4, -0.2) is 39.9 Å². The number of hydrogen-bond acceptors (Lipinski definition) is 4. The van der Waals surface area contributed by atoms with Gasteiger partial charge >= 0.3 is 0 Å². The molecule has 3 aromatic rings. The van der Waals surface area contributed by atoms with Crippen LogP contribution in [0.2, 0.25) is 0 Å². The molecule has 4 rings (SSSR count). The molecule has 0 radical (unpaired) electrons. The van der Waals surface area contributed by atoms with Crippen molar-refractivity contribution in [2.45, 2.75) is 37.1 Å². The monoisotopic (exact) mass is 431 g/mol. The average Bonchev–Trinajstić information content (AvgIpc) is 2.86. The van der Waals surface area contributed by atoms with Gasteiger partial charge in [0.25, 0.3) is 0 Å². The van der Waals surface area contributed by atoms with Gasteiger partial charge in [-0.25, -0.2) is 0 Å². The van der Waals surface area contributed by atoms with Gasteiger partial charge in [0.1, 0.15) is 0 Å². The van der Waals surface area contributed by atoms with Gasteiger partial charge in [-0.05, 0) is 42.5 Å². The zero-order chi connectivity index (χ0) is 22.4. The fourth-order valence-corrected chi connectivity index (χ4v) is 4.92. The molecule has 0 amide bonds. The quantitative estimate of drug-likeness (QED) is 0.493. The Bertz CT molecular complexity index is 950. The molecule has 4 heteroatoms. The highest BCUT2D eigenvalue weighted by Crippen LogP contribution is 2.43. The van der Waals surface area contributed by atoms with E-state index < -0.39 is 17.8 Å². The Morgan fingerprint density at radius 1 is 0.812 bits per heavy atom. The zero-order valence-corrected chi connectivity index (χ0v) is 18.4.